The van der Waals surface area contributed by atoms with Gasteiger partial charge in [-0.25, -0.2) is 0 Å². The number of benzene rings is 1. The van der Waals surface area contributed by atoms with Crippen molar-refractivity contribution in [1.29, 1.82) is 0 Å². The zero-order chi connectivity index (χ0) is 11.8. The van der Waals surface area contributed by atoms with Crippen LogP contribution in [0.5, 0.6) is 5.75 Å². The number of anilines is 1. The molecular formula is C12H19NO3. The van der Waals surface area contributed by atoms with Gasteiger partial charge in [-0.05, 0) is 19.1 Å². The smallest absolute Gasteiger partial charge is 0.142 e. The third kappa shape index (κ3) is 4.08. The van der Waals surface area contributed by atoms with Crippen molar-refractivity contribution in [2.75, 3.05) is 32.2 Å². The Labute approximate surface area is 96.2 Å². The molecule has 0 radical (unpaired) electrons. The van der Waals surface area contributed by atoms with Crippen molar-refractivity contribution in [3.8, 4) is 5.75 Å². The molecule has 1 atom stereocenters. The van der Waals surface area contributed by atoms with Gasteiger partial charge < -0.3 is 19.9 Å². The fourth-order valence-corrected chi connectivity index (χ4v) is 1.37. The summed E-state index contributed by atoms with van der Waals surface area (Å²) in [7, 11) is 1.57. The van der Waals surface area contributed by atoms with Crippen LogP contribution in [-0.4, -0.2) is 38.1 Å². The Morgan fingerprint density at radius 3 is 2.81 bits per heavy atom. The van der Waals surface area contributed by atoms with Gasteiger partial charge in [0.1, 0.15) is 5.75 Å². The lowest BCUT2D eigenvalue weighted by Crippen LogP contribution is -2.24. The Bertz CT molecular complexity index is 304. The highest BCUT2D eigenvalue weighted by Crippen LogP contribution is 2.23. The largest absolute Gasteiger partial charge is 0.492 e. The van der Waals surface area contributed by atoms with Crippen LogP contribution in [0, 0.1) is 0 Å². The van der Waals surface area contributed by atoms with Crippen LogP contribution in [0.4, 0.5) is 5.69 Å². The van der Waals surface area contributed by atoms with E-state index in [0.717, 1.165) is 11.4 Å². The van der Waals surface area contributed by atoms with E-state index in [2.05, 4.69) is 5.32 Å². The molecule has 2 N–H and O–H groups in total. The maximum absolute atomic E-state index is 9.50. The summed E-state index contributed by atoms with van der Waals surface area (Å²) in [5, 5.41) is 12.6. The highest BCUT2D eigenvalue weighted by Gasteiger charge is 2.05. The zero-order valence-corrected chi connectivity index (χ0v) is 9.77. The van der Waals surface area contributed by atoms with Gasteiger partial charge in [0.15, 0.2) is 0 Å². The van der Waals surface area contributed by atoms with Crippen LogP contribution in [0.3, 0.4) is 0 Å². The second kappa shape index (κ2) is 7.09. The molecule has 0 amide bonds. The Kier molecular flexibility index (Phi) is 5.67. The van der Waals surface area contributed by atoms with Crippen molar-refractivity contribution in [2.45, 2.75) is 13.0 Å². The number of ether oxygens (including phenoxy) is 2. The molecule has 1 aromatic carbocycles. The minimum absolute atomic E-state index is 0.323. The lowest BCUT2D eigenvalue weighted by atomic mass is 10.2. The van der Waals surface area contributed by atoms with Crippen molar-refractivity contribution in [3.05, 3.63) is 24.3 Å². The third-order valence-electron chi connectivity index (χ3n) is 2.07. The molecular weight excluding hydrogens is 206 g/mol. The van der Waals surface area contributed by atoms with E-state index in [-0.39, 0.29) is 0 Å². The van der Waals surface area contributed by atoms with E-state index >= 15 is 0 Å². The number of methoxy groups -OCH3 is 1. The molecule has 0 aliphatic rings. The van der Waals surface area contributed by atoms with E-state index in [1.54, 1.807) is 7.11 Å². The first-order chi connectivity index (χ1) is 7.77. The van der Waals surface area contributed by atoms with Crippen LogP contribution in [0.1, 0.15) is 6.92 Å². The number of hydrogen-bond acceptors (Lipinski definition) is 4. The molecule has 0 saturated heterocycles. The van der Waals surface area contributed by atoms with Gasteiger partial charge in [0, 0.05) is 13.7 Å². The number of para-hydroxylation sites is 2. The SMILES string of the molecule is CCOc1ccccc1NCC(O)COC. The van der Waals surface area contributed by atoms with Gasteiger partial charge in [0.05, 0.1) is 25.0 Å². The fourth-order valence-electron chi connectivity index (χ4n) is 1.37. The van der Waals surface area contributed by atoms with E-state index in [0.29, 0.717) is 19.8 Å². The number of aliphatic hydroxyl groups is 1. The van der Waals surface area contributed by atoms with Crippen molar-refractivity contribution in [2.24, 2.45) is 0 Å². The summed E-state index contributed by atoms with van der Waals surface area (Å²) in [6, 6.07) is 7.66. The van der Waals surface area contributed by atoms with Crippen molar-refractivity contribution in [3.63, 3.8) is 0 Å². The van der Waals surface area contributed by atoms with Gasteiger partial charge in [-0.2, -0.15) is 0 Å². The molecule has 0 aliphatic carbocycles. The molecule has 4 heteroatoms. The summed E-state index contributed by atoms with van der Waals surface area (Å²) in [4.78, 5) is 0. The van der Waals surface area contributed by atoms with Gasteiger partial charge in [-0.1, -0.05) is 12.1 Å². The maximum Gasteiger partial charge on any atom is 0.142 e. The van der Waals surface area contributed by atoms with E-state index < -0.39 is 6.10 Å². The van der Waals surface area contributed by atoms with Gasteiger partial charge >= 0.3 is 0 Å². The van der Waals surface area contributed by atoms with E-state index in [4.69, 9.17) is 9.47 Å². The number of hydrogen-bond donors (Lipinski definition) is 2. The van der Waals surface area contributed by atoms with Gasteiger partial charge in [-0.15, -0.1) is 0 Å². The summed E-state index contributed by atoms with van der Waals surface area (Å²) in [6.45, 7) is 3.33. The molecule has 0 bridgehead atoms. The Hall–Kier alpha value is -1.26. The zero-order valence-electron chi connectivity index (χ0n) is 9.77. The molecule has 0 spiro atoms. The average molecular weight is 225 g/mol. The van der Waals surface area contributed by atoms with Crippen LogP contribution < -0.4 is 10.1 Å². The predicted octanol–water partition coefficient (Wildman–Crippen LogP) is 1.50. The molecule has 1 rings (SSSR count). The normalized spacial score (nSPS) is 12.2. The highest BCUT2D eigenvalue weighted by atomic mass is 16.5. The lowest BCUT2D eigenvalue weighted by molar-refractivity contribution is 0.0727. The topological polar surface area (TPSA) is 50.7 Å². The van der Waals surface area contributed by atoms with E-state index in [1.807, 2.05) is 31.2 Å². The first-order valence-electron chi connectivity index (χ1n) is 5.40. The second-order valence-corrected chi connectivity index (χ2v) is 3.42. The molecule has 0 fully saturated rings. The van der Waals surface area contributed by atoms with Crippen LogP contribution in [0.25, 0.3) is 0 Å². The average Bonchev–Trinajstić information content (AvgIpc) is 2.29. The first-order valence-corrected chi connectivity index (χ1v) is 5.40. The standard InChI is InChI=1S/C12H19NO3/c1-3-16-12-7-5-4-6-11(12)13-8-10(14)9-15-2/h4-7,10,13-14H,3,8-9H2,1-2H3. The van der Waals surface area contributed by atoms with E-state index in [1.165, 1.54) is 0 Å². The lowest BCUT2D eigenvalue weighted by Gasteiger charge is -2.14. The molecule has 1 unspecified atom stereocenters. The molecule has 16 heavy (non-hydrogen) atoms. The molecule has 0 aliphatic heterocycles. The highest BCUT2D eigenvalue weighted by molar-refractivity contribution is 5.56. The summed E-state index contributed by atoms with van der Waals surface area (Å²) in [5.41, 5.74) is 0.888. The van der Waals surface area contributed by atoms with Crippen molar-refractivity contribution in [1.82, 2.24) is 0 Å². The van der Waals surface area contributed by atoms with E-state index in [9.17, 15) is 5.11 Å². The number of rotatable bonds is 7. The summed E-state index contributed by atoms with van der Waals surface area (Å²) in [6.07, 6.45) is -0.514. The maximum atomic E-state index is 9.50. The van der Waals surface area contributed by atoms with Gasteiger partial charge in [0.2, 0.25) is 0 Å². The second-order valence-electron chi connectivity index (χ2n) is 3.42. The van der Waals surface area contributed by atoms with Crippen LogP contribution in [0.2, 0.25) is 0 Å². The summed E-state index contributed by atoms with van der Waals surface area (Å²) >= 11 is 0. The van der Waals surface area contributed by atoms with Gasteiger partial charge in [0.25, 0.3) is 0 Å². The molecule has 0 aromatic heterocycles. The molecule has 1 aromatic rings. The monoisotopic (exact) mass is 225 g/mol. The van der Waals surface area contributed by atoms with Crippen molar-refractivity contribution < 1.29 is 14.6 Å². The predicted molar refractivity (Wildman–Crippen MR) is 64.0 cm³/mol. The number of aliphatic hydroxyl groups excluding tert-OH is 1. The number of nitrogens with one attached hydrogen (secondary N) is 1. The Morgan fingerprint density at radius 2 is 2.12 bits per heavy atom. The first kappa shape index (κ1) is 12.8. The Morgan fingerprint density at radius 1 is 1.38 bits per heavy atom. The van der Waals surface area contributed by atoms with Crippen LogP contribution >= 0.6 is 0 Å². The van der Waals surface area contributed by atoms with Gasteiger partial charge in [-0.3, -0.25) is 0 Å². The third-order valence-corrected chi connectivity index (χ3v) is 2.07. The van der Waals surface area contributed by atoms with Crippen molar-refractivity contribution >= 4 is 5.69 Å². The summed E-state index contributed by atoms with van der Waals surface area (Å²) in [5.74, 6) is 0.801. The van der Waals surface area contributed by atoms with Crippen LogP contribution in [-0.2, 0) is 4.74 Å². The van der Waals surface area contributed by atoms with Crippen LogP contribution in [0.15, 0.2) is 24.3 Å². The molecule has 0 heterocycles. The quantitative estimate of drug-likeness (QED) is 0.738. The minimum Gasteiger partial charge on any atom is -0.492 e. The summed E-state index contributed by atoms with van der Waals surface area (Å²) < 4.78 is 10.3. The molecule has 0 saturated carbocycles. The molecule has 90 valence electrons. The molecule has 4 nitrogen and oxygen atoms in total. The Balaban J connectivity index is 2.52. The fraction of sp³-hybridized carbons (Fsp3) is 0.500. The minimum atomic E-state index is -0.514.